The van der Waals surface area contributed by atoms with Gasteiger partial charge in [0.05, 0.1) is 23.0 Å². The van der Waals surface area contributed by atoms with Gasteiger partial charge in [-0.05, 0) is 43.7 Å². The van der Waals surface area contributed by atoms with Crippen LogP contribution in [0.4, 0.5) is 20.9 Å². The number of thiazole rings is 1. The van der Waals surface area contributed by atoms with Gasteiger partial charge in [0, 0.05) is 18.3 Å². The van der Waals surface area contributed by atoms with E-state index in [1.807, 2.05) is 42.6 Å². The number of halogens is 1. The van der Waals surface area contributed by atoms with Crippen molar-refractivity contribution in [2.24, 2.45) is 5.92 Å². The molecule has 1 fully saturated rings. The molecule has 2 aromatic carbocycles. The summed E-state index contributed by atoms with van der Waals surface area (Å²) in [6.07, 6.45) is 0.0415. The average Bonchev–Trinajstić information content (AvgIpc) is 3.29. The molecule has 5 nitrogen and oxygen atoms in total. The second-order valence-corrected chi connectivity index (χ2v) is 7.98. The minimum atomic E-state index is -0.576. The minimum absolute atomic E-state index is 0.0415. The van der Waals surface area contributed by atoms with Crippen LogP contribution in [0.5, 0.6) is 0 Å². The molecule has 1 unspecified atom stereocenters. The van der Waals surface area contributed by atoms with Gasteiger partial charge in [0.25, 0.3) is 0 Å². The highest BCUT2D eigenvalue weighted by molar-refractivity contribution is 7.14. The van der Waals surface area contributed by atoms with Gasteiger partial charge in [-0.25, -0.2) is 9.37 Å². The van der Waals surface area contributed by atoms with Crippen LogP contribution in [-0.2, 0) is 9.59 Å². The highest BCUT2D eigenvalue weighted by Gasteiger charge is 2.39. The van der Waals surface area contributed by atoms with Crippen LogP contribution in [0.3, 0.4) is 0 Å². The molecule has 1 aromatic heterocycles. The van der Waals surface area contributed by atoms with Crippen LogP contribution >= 0.6 is 11.3 Å². The third-order valence-electron chi connectivity index (χ3n) is 4.90. The molecule has 1 atom stereocenters. The molecule has 2 heterocycles. The fourth-order valence-corrected chi connectivity index (χ4v) is 4.30. The summed E-state index contributed by atoms with van der Waals surface area (Å²) in [7, 11) is 0. The van der Waals surface area contributed by atoms with Crippen molar-refractivity contribution in [1.82, 2.24) is 4.98 Å². The third kappa shape index (κ3) is 3.78. The quantitative estimate of drug-likeness (QED) is 0.632. The maximum atomic E-state index is 14.4. The van der Waals surface area contributed by atoms with E-state index in [1.54, 1.807) is 24.0 Å². The SMILES string of the molecule is Cc1ccc(N2CC(C(=O)N(c3ccccc3)c3nc(C)cs3)CC2=O)c(F)c1. The molecule has 0 aliphatic carbocycles. The molecular formula is C22H20FN3O2S. The number of hydrogen-bond acceptors (Lipinski definition) is 4. The van der Waals surface area contributed by atoms with Gasteiger partial charge < -0.3 is 4.90 Å². The summed E-state index contributed by atoms with van der Waals surface area (Å²) in [6.45, 7) is 3.80. The normalized spacial score (nSPS) is 16.3. The van der Waals surface area contributed by atoms with Crippen molar-refractivity contribution in [2.75, 3.05) is 16.3 Å². The minimum Gasteiger partial charge on any atom is -0.309 e. The summed E-state index contributed by atoms with van der Waals surface area (Å²) in [6, 6.07) is 14.0. The zero-order valence-electron chi connectivity index (χ0n) is 16.1. The molecule has 0 saturated carbocycles. The Morgan fingerprint density at radius 1 is 1.21 bits per heavy atom. The van der Waals surface area contributed by atoms with Crippen LogP contribution in [-0.4, -0.2) is 23.3 Å². The zero-order valence-corrected chi connectivity index (χ0v) is 16.9. The molecule has 1 aliphatic rings. The first kappa shape index (κ1) is 19.3. The number of nitrogens with zero attached hydrogens (tertiary/aromatic N) is 3. The molecule has 0 radical (unpaired) electrons. The number of hydrogen-bond donors (Lipinski definition) is 0. The van der Waals surface area contributed by atoms with E-state index < -0.39 is 11.7 Å². The monoisotopic (exact) mass is 409 g/mol. The van der Waals surface area contributed by atoms with Gasteiger partial charge in [0.15, 0.2) is 5.13 Å². The number of benzene rings is 2. The van der Waals surface area contributed by atoms with Gasteiger partial charge in [0.2, 0.25) is 11.8 Å². The molecule has 29 heavy (non-hydrogen) atoms. The van der Waals surface area contributed by atoms with Crippen molar-refractivity contribution in [2.45, 2.75) is 20.3 Å². The highest BCUT2D eigenvalue weighted by atomic mass is 32.1. The molecule has 148 valence electrons. The molecule has 1 aliphatic heterocycles. The van der Waals surface area contributed by atoms with E-state index in [4.69, 9.17) is 0 Å². The fraction of sp³-hybridized carbons (Fsp3) is 0.227. The Labute approximate surface area is 172 Å². The van der Waals surface area contributed by atoms with Crippen LogP contribution in [0, 0.1) is 25.6 Å². The second-order valence-electron chi connectivity index (χ2n) is 7.14. The number of anilines is 3. The standard InChI is InChI=1S/C22H20FN3O2S/c1-14-8-9-19(18(23)10-14)25-12-16(11-20(25)27)21(28)26(17-6-4-3-5-7-17)22-24-15(2)13-29-22/h3-10,13,16H,11-12H2,1-2H3. The van der Waals surface area contributed by atoms with E-state index in [9.17, 15) is 14.0 Å². The summed E-state index contributed by atoms with van der Waals surface area (Å²) in [4.78, 5) is 33.4. The first-order valence-corrected chi connectivity index (χ1v) is 10.2. The van der Waals surface area contributed by atoms with Gasteiger partial charge in [-0.2, -0.15) is 0 Å². The number of amides is 2. The third-order valence-corrected chi connectivity index (χ3v) is 5.84. The van der Waals surface area contributed by atoms with Crippen molar-refractivity contribution in [1.29, 1.82) is 0 Å². The van der Waals surface area contributed by atoms with Crippen LogP contribution in [0.25, 0.3) is 0 Å². The Morgan fingerprint density at radius 3 is 2.62 bits per heavy atom. The molecule has 2 amide bonds. The van der Waals surface area contributed by atoms with Crippen LogP contribution in [0.2, 0.25) is 0 Å². The molecule has 0 spiro atoms. The molecule has 1 saturated heterocycles. The first-order chi connectivity index (χ1) is 13.9. The molecule has 3 aromatic rings. The summed E-state index contributed by atoms with van der Waals surface area (Å²) >= 11 is 1.38. The van der Waals surface area contributed by atoms with Gasteiger partial charge in [0.1, 0.15) is 5.82 Å². The van der Waals surface area contributed by atoms with Gasteiger partial charge in [-0.1, -0.05) is 24.3 Å². The van der Waals surface area contributed by atoms with E-state index >= 15 is 0 Å². The maximum Gasteiger partial charge on any atom is 0.238 e. The van der Waals surface area contributed by atoms with Crippen molar-refractivity contribution >= 4 is 39.7 Å². The van der Waals surface area contributed by atoms with Crippen molar-refractivity contribution in [3.8, 4) is 0 Å². The molecular weight excluding hydrogens is 389 g/mol. The largest absolute Gasteiger partial charge is 0.309 e. The van der Waals surface area contributed by atoms with Crippen LogP contribution in [0.1, 0.15) is 17.7 Å². The van der Waals surface area contributed by atoms with Gasteiger partial charge >= 0.3 is 0 Å². The molecule has 0 bridgehead atoms. The first-order valence-electron chi connectivity index (χ1n) is 9.31. The van der Waals surface area contributed by atoms with E-state index in [2.05, 4.69) is 4.98 Å². The second kappa shape index (κ2) is 7.75. The Morgan fingerprint density at radius 2 is 1.97 bits per heavy atom. The van der Waals surface area contributed by atoms with Crippen LogP contribution in [0.15, 0.2) is 53.9 Å². The summed E-state index contributed by atoms with van der Waals surface area (Å²) < 4.78 is 14.4. The van der Waals surface area contributed by atoms with Crippen LogP contribution < -0.4 is 9.80 Å². The van der Waals surface area contributed by atoms with E-state index in [0.29, 0.717) is 10.8 Å². The Hall–Kier alpha value is -3.06. The number of aromatic nitrogens is 1. The molecule has 7 heteroatoms. The van der Waals surface area contributed by atoms with Gasteiger partial charge in [-0.15, -0.1) is 11.3 Å². The van der Waals surface area contributed by atoms with E-state index in [1.165, 1.54) is 22.3 Å². The zero-order chi connectivity index (χ0) is 20.5. The molecule has 4 rings (SSSR count). The fourth-order valence-electron chi connectivity index (χ4n) is 3.47. The van der Waals surface area contributed by atoms with Crippen molar-refractivity contribution in [3.05, 3.63) is 71.0 Å². The Balaban J connectivity index is 1.64. The number of carbonyl (C=O) groups excluding carboxylic acids is 2. The lowest BCUT2D eigenvalue weighted by atomic mass is 10.1. The Kier molecular flexibility index (Phi) is 5.15. The lowest BCUT2D eigenvalue weighted by Gasteiger charge is -2.23. The predicted molar refractivity (Wildman–Crippen MR) is 112 cm³/mol. The summed E-state index contributed by atoms with van der Waals surface area (Å²) in [5, 5.41) is 2.44. The topological polar surface area (TPSA) is 53.5 Å². The summed E-state index contributed by atoms with van der Waals surface area (Å²) in [5.74, 6) is -1.50. The summed E-state index contributed by atoms with van der Waals surface area (Å²) in [5.41, 5.74) is 2.51. The average molecular weight is 409 g/mol. The Bertz CT molecular complexity index is 1070. The van der Waals surface area contributed by atoms with Crippen molar-refractivity contribution in [3.63, 3.8) is 0 Å². The number of para-hydroxylation sites is 1. The highest BCUT2D eigenvalue weighted by Crippen LogP contribution is 2.34. The van der Waals surface area contributed by atoms with Crippen molar-refractivity contribution < 1.29 is 14.0 Å². The molecule has 0 N–H and O–H groups in total. The van der Waals surface area contributed by atoms with E-state index in [0.717, 1.165) is 11.3 Å². The lowest BCUT2D eigenvalue weighted by Crippen LogP contribution is -2.34. The van der Waals surface area contributed by atoms with Gasteiger partial charge in [-0.3, -0.25) is 14.5 Å². The number of carbonyl (C=O) groups is 2. The lowest BCUT2D eigenvalue weighted by molar-refractivity contribution is -0.123. The number of aryl methyl sites for hydroxylation is 2. The van der Waals surface area contributed by atoms with E-state index in [-0.39, 0.29) is 30.5 Å². The predicted octanol–water partition coefficient (Wildman–Crippen LogP) is 4.62. The smallest absolute Gasteiger partial charge is 0.238 e. The maximum absolute atomic E-state index is 14.4. The number of rotatable bonds is 4.